The average molecular weight is 454 g/mol. The highest BCUT2D eigenvalue weighted by Crippen LogP contribution is 2.44. The maximum Gasteiger partial charge on any atom is 0.407 e. The van der Waals surface area contributed by atoms with Crippen LogP contribution in [-0.4, -0.2) is 54.8 Å². The number of rotatable bonds is 9. The zero-order valence-electron chi connectivity index (χ0n) is 18.4. The summed E-state index contributed by atoms with van der Waals surface area (Å²) in [6.07, 6.45) is -1.09. The molecule has 0 saturated carbocycles. The zero-order valence-corrected chi connectivity index (χ0v) is 18.4. The van der Waals surface area contributed by atoms with Gasteiger partial charge in [0, 0.05) is 12.3 Å². The van der Waals surface area contributed by atoms with Gasteiger partial charge in [-0.1, -0.05) is 48.5 Å². The van der Waals surface area contributed by atoms with Gasteiger partial charge in [-0.3, -0.25) is 9.59 Å². The minimum absolute atomic E-state index is 0.0884. The second-order valence-electron chi connectivity index (χ2n) is 7.71. The van der Waals surface area contributed by atoms with E-state index in [1.165, 1.54) is 14.0 Å². The molecule has 0 bridgehead atoms. The van der Waals surface area contributed by atoms with Crippen molar-refractivity contribution in [3.63, 3.8) is 0 Å². The monoisotopic (exact) mass is 454 g/mol. The van der Waals surface area contributed by atoms with E-state index in [1.54, 1.807) is 0 Å². The summed E-state index contributed by atoms with van der Waals surface area (Å²) in [4.78, 5) is 47.2. The molecule has 3 N–H and O–H groups in total. The van der Waals surface area contributed by atoms with Crippen LogP contribution in [0.3, 0.4) is 0 Å². The van der Waals surface area contributed by atoms with Crippen LogP contribution in [0.1, 0.15) is 36.8 Å². The number of carboxylic acids is 1. The third kappa shape index (κ3) is 5.68. The molecule has 33 heavy (non-hydrogen) atoms. The van der Waals surface area contributed by atoms with E-state index in [2.05, 4.69) is 15.4 Å². The number of esters is 1. The van der Waals surface area contributed by atoms with E-state index in [-0.39, 0.29) is 25.4 Å². The van der Waals surface area contributed by atoms with E-state index >= 15 is 0 Å². The molecule has 3 rings (SSSR count). The van der Waals surface area contributed by atoms with Crippen molar-refractivity contribution < 1.29 is 33.8 Å². The summed E-state index contributed by atoms with van der Waals surface area (Å²) in [5.41, 5.74) is 4.32. The Bertz CT molecular complexity index is 1010. The van der Waals surface area contributed by atoms with Gasteiger partial charge in [0.25, 0.3) is 0 Å². The molecule has 0 spiro atoms. The van der Waals surface area contributed by atoms with Crippen molar-refractivity contribution in [1.29, 1.82) is 0 Å². The van der Waals surface area contributed by atoms with Gasteiger partial charge in [0.2, 0.25) is 5.91 Å². The number of aliphatic carboxylic acids is 1. The lowest BCUT2D eigenvalue weighted by molar-refractivity contribution is -0.144. The Morgan fingerprint density at radius 1 is 0.970 bits per heavy atom. The third-order valence-corrected chi connectivity index (χ3v) is 5.55. The normalized spacial score (nSPS) is 13.8. The van der Waals surface area contributed by atoms with E-state index in [0.29, 0.717) is 0 Å². The minimum atomic E-state index is -1.29. The number of nitrogens with one attached hydrogen (secondary N) is 2. The van der Waals surface area contributed by atoms with Gasteiger partial charge in [-0.2, -0.15) is 0 Å². The largest absolute Gasteiger partial charge is 0.480 e. The van der Waals surface area contributed by atoms with Gasteiger partial charge >= 0.3 is 18.0 Å². The van der Waals surface area contributed by atoms with Crippen LogP contribution in [-0.2, 0) is 23.9 Å². The quantitative estimate of drug-likeness (QED) is 0.496. The summed E-state index contributed by atoms with van der Waals surface area (Å²) in [5.74, 6) is -2.70. The Balaban J connectivity index is 1.55. The van der Waals surface area contributed by atoms with E-state index in [9.17, 15) is 24.3 Å². The Labute approximate surface area is 191 Å². The Hall–Kier alpha value is -3.88. The number of benzene rings is 2. The van der Waals surface area contributed by atoms with Gasteiger partial charge in [0.15, 0.2) is 0 Å². The van der Waals surface area contributed by atoms with Crippen molar-refractivity contribution >= 4 is 23.9 Å². The summed E-state index contributed by atoms with van der Waals surface area (Å²) in [5, 5.41) is 14.0. The van der Waals surface area contributed by atoms with Crippen LogP contribution in [0.5, 0.6) is 0 Å². The van der Waals surface area contributed by atoms with Gasteiger partial charge in [-0.05, 0) is 35.6 Å². The molecule has 2 aromatic carbocycles. The van der Waals surface area contributed by atoms with Crippen molar-refractivity contribution in [1.82, 2.24) is 10.6 Å². The predicted molar refractivity (Wildman–Crippen MR) is 118 cm³/mol. The fourth-order valence-electron chi connectivity index (χ4n) is 3.80. The van der Waals surface area contributed by atoms with Crippen LogP contribution in [0.2, 0.25) is 0 Å². The molecule has 0 saturated heterocycles. The lowest BCUT2D eigenvalue weighted by atomic mass is 9.98. The number of methoxy groups -OCH3 is 1. The van der Waals surface area contributed by atoms with Gasteiger partial charge in [0.05, 0.1) is 7.11 Å². The molecule has 0 fully saturated rings. The van der Waals surface area contributed by atoms with Crippen molar-refractivity contribution in [2.45, 2.75) is 37.8 Å². The first-order valence-electron chi connectivity index (χ1n) is 10.5. The number of hydrogen-bond acceptors (Lipinski definition) is 6. The highest BCUT2D eigenvalue weighted by Gasteiger charge is 2.30. The van der Waals surface area contributed by atoms with Crippen LogP contribution >= 0.6 is 0 Å². The molecule has 0 unspecified atom stereocenters. The second-order valence-corrected chi connectivity index (χ2v) is 7.71. The number of carbonyl (C=O) groups is 4. The Morgan fingerprint density at radius 2 is 1.55 bits per heavy atom. The van der Waals surface area contributed by atoms with Crippen molar-refractivity contribution in [3.8, 4) is 11.1 Å². The molecule has 1 aliphatic rings. The van der Waals surface area contributed by atoms with Gasteiger partial charge in [0.1, 0.15) is 18.7 Å². The maximum absolute atomic E-state index is 12.3. The van der Waals surface area contributed by atoms with E-state index < -0.39 is 36.0 Å². The van der Waals surface area contributed by atoms with Crippen molar-refractivity contribution in [3.05, 3.63) is 59.7 Å². The van der Waals surface area contributed by atoms with E-state index in [1.807, 2.05) is 48.5 Å². The first-order valence-corrected chi connectivity index (χ1v) is 10.5. The number of carbonyl (C=O) groups excluding carboxylic acids is 3. The predicted octanol–water partition coefficient (Wildman–Crippen LogP) is 2.44. The fourth-order valence-corrected chi connectivity index (χ4v) is 3.80. The molecule has 0 heterocycles. The smallest absolute Gasteiger partial charge is 0.407 e. The van der Waals surface area contributed by atoms with Crippen LogP contribution < -0.4 is 10.6 Å². The van der Waals surface area contributed by atoms with Crippen LogP contribution in [0.15, 0.2) is 48.5 Å². The van der Waals surface area contributed by atoms with Crippen LogP contribution in [0.25, 0.3) is 11.1 Å². The van der Waals surface area contributed by atoms with Gasteiger partial charge in [-0.25, -0.2) is 9.59 Å². The van der Waals surface area contributed by atoms with E-state index in [4.69, 9.17) is 4.74 Å². The standard InChI is InChI=1S/C24H26N2O7/c1-14(22(28)26-20(23(29)30)11-12-21(27)32-2)25-24(31)33-13-19-17-9-5-3-7-15(17)16-8-4-6-10-18(16)19/h3-10,14,19-20H,11-13H2,1-2H3,(H,25,31)(H,26,28)(H,29,30)/t14-,20+/m0/s1. The molecule has 0 radical (unpaired) electrons. The third-order valence-electron chi connectivity index (χ3n) is 5.55. The molecule has 2 amide bonds. The molecule has 9 heteroatoms. The summed E-state index contributed by atoms with van der Waals surface area (Å²) in [7, 11) is 1.19. The summed E-state index contributed by atoms with van der Waals surface area (Å²) >= 11 is 0. The van der Waals surface area contributed by atoms with E-state index in [0.717, 1.165) is 22.3 Å². The SMILES string of the molecule is COC(=O)CC[C@@H](NC(=O)[C@H](C)NC(=O)OCC1c2ccccc2-c2ccccc21)C(=O)O. The molecule has 0 aliphatic heterocycles. The first-order chi connectivity index (χ1) is 15.8. The molecule has 2 aromatic rings. The van der Waals surface area contributed by atoms with Crippen molar-refractivity contribution in [2.75, 3.05) is 13.7 Å². The molecule has 1 aliphatic carbocycles. The fraction of sp³-hybridized carbons (Fsp3) is 0.333. The summed E-state index contributed by atoms with van der Waals surface area (Å²) < 4.78 is 9.88. The second kappa shape index (κ2) is 10.6. The lowest BCUT2D eigenvalue weighted by Crippen LogP contribution is -2.50. The van der Waals surface area contributed by atoms with Crippen LogP contribution in [0, 0.1) is 0 Å². The van der Waals surface area contributed by atoms with Crippen molar-refractivity contribution in [2.24, 2.45) is 0 Å². The molecule has 9 nitrogen and oxygen atoms in total. The maximum atomic E-state index is 12.3. The Kier molecular flexibility index (Phi) is 7.66. The number of carboxylic acid groups (broad SMARTS) is 1. The number of hydrogen-bond donors (Lipinski definition) is 3. The zero-order chi connectivity index (χ0) is 24.0. The topological polar surface area (TPSA) is 131 Å². The highest BCUT2D eigenvalue weighted by molar-refractivity contribution is 5.89. The van der Waals surface area contributed by atoms with Gasteiger partial charge in [-0.15, -0.1) is 0 Å². The van der Waals surface area contributed by atoms with Crippen LogP contribution in [0.4, 0.5) is 4.79 Å². The number of fused-ring (bicyclic) bond motifs is 3. The molecular weight excluding hydrogens is 428 g/mol. The number of ether oxygens (including phenoxy) is 2. The molecule has 2 atom stereocenters. The lowest BCUT2D eigenvalue weighted by Gasteiger charge is -2.19. The minimum Gasteiger partial charge on any atom is -0.480 e. The molecule has 174 valence electrons. The summed E-state index contributed by atoms with van der Waals surface area (Å²) in [6, 6.07) is 13.5. The first kappa shape index (κ1) is 23.8. The molecular formula is C24H26N2O7. The summed E-state index contributed by atoms with van der Waals surface area (Å²) in [6.45, 7) is 1.50. The average Bonchev–Trinajstić information content (AvgIpc) is 3.13. The van der Waals surface area contributed by atoms with Gasteiger partial charge < -0.3 is 25.2 Å². The molecule has 0 aromatic heterocycles. The highest BCUT2D eigenvalue weighted by atomic mass is 16.5. The number of alkyl carbamates (subject to hydrolysis) is 1. The number of amides is 2. The Morgan fingerprint density at radius 3 is 2.09 bits per heavy atom.